The van der Waals surface area contributed by atoms with Crippen LogP contribution < -0.4 is 25.4 Å². The Hall–Kier alpha value is -4.15. The number of carbonyl (C=O) groups excluding carboxylic acids is 3. The molecule has 4 aromatic carbocycles. The Kier molecular flexibility index (Phi) is 11.8. The van der Waals surface area contributed by atoms with Gasteiger partial charge in [-0.05, 0) is 73.2 Å². The highest BCUT2D eigenvalue weighted by molar-refractivity contribution is 8.00. The lowest BCUT2D eigenvalue weighted by Gasteiger charge is -2.16. The number of benzene rings is 4. The highest BCUT2D eigenvalue weighted by Gasteiger charge is 2.19. The summed E-state index contributed by atoms with van der Waals surface area (Å²) in [6, 6.07) is 23.5. The highest BCUT2D eigenvalue weighted by Crippen LogP contribution is 2.36. The molecule has 0 aliphatic carbocycles. The Morgan fingerprint density at radius 3 is 2.13 bits per heavy atom. The molecule has 1 unspecified atom stereocenters. The van der Waals surface area contributed by atoms with Crippen LogP contribution in [-0.2, 0) is 9.59 Å². The SMILES string of the molecule is COc1cc(OC)c(NC(=O)C(C)Sc2ccc(NC(=O)/C(=C/c3ccc(Cl)cc3Cl)NC(=O)c3ccccc3)cc2)cc1Cl. The molecular formula is C33H28Cl3N3O5S. The van der Waals surface area contributed by atoms with Crippen LogP contribution in [0.4, 0.5) is 11.4 Å². The molecule has 3 N–H and O–H groups in total. The van der Waals surface area contributed by atoms with Crippen LogP contribution in [0.1, 0.15) is 22.8 Å². The molecule has 0 aromatic heterocycles. The summed E-state index contributed by atoms with van der Waals surface area (Å²) in [6.07, 6.45) is 1.48. The van der Waals surface area contributed by atoms with Crippen molar-refractivity contribution in [3.63, 3.8) is 0 Å². The minimum absolute atomic E-state index is 0.0223. The van der Waals surface area contributed by atoms with Crippen LogP contribution >= 0.6 is 46.6 Å². The summed E-state index contributed by atoms with van der Waals surface area (Å²) < 4.78 is 10.6. The number of nitrogens with one attached hydrogen (secondary N) is 3. The molecule has 4 rings (SSSR count). The number of halogens is 3. The summed E-state index contributed by atoms with van der Waals surface area (Å²) in [4.78, 5) is 40.0. The average Bonchev–Trinajstić information content (AvgIpc) is 3.03. The molecular weight excluding hydrogens is 657 g/mol. The zero-order valence-electron chi connectivity index (χ0n) is 24.3. The first-order valence-electron chi connectivity index (χ1n) is 13.4. The highest BCUT2D eigenvalue weighted by atomic mass is 35.5. The van der Waals surface area contributed by atoms with Crippen LogP contribution in [-0.4, -0.2) is 37.2 Å². The third-order valence-corrected chi connectivity index (χ3v) is 8.29. The molecule has 0 saturated carbocycles. The zero-order valence-corrected chi connectivity index (χ0v) is 27.4. The lowest BCUT2D eigenvalue weighted by atomic mass is 10.1. The summed E-state index contributed by atoms with van der Waals surface area (Å²) in [5, 5.41) is 8.91. The van der Waals surface area contributed by atoms with Gasteiger partial charge >= 0.3 is 0 Å². The van der Waals surface area contributed by atoms with Gasteiger partial charge in [-0.25, -0.2) is 0 Å². The van der Waals surface area contributed by atoms with Crippen LogP contribution in [0.25, 0.3) is 6.08 Å². The van der Waals surface area contributed by atoms with Crippen molar-refractivity contribution in [1.29, 1.82) is 0 Å². The van der Waals surface area contributed by atoms with E-state index in [4.69, 9.17) is 44.3 Å². The van der Waals surface area contributed by atoms with Gasteiger partial charge in [-0.3, -0.25) is 14.4 Å². The van der Waals surface area contributed by atoms with Gasteiger partial charge in [0.15, 0.2) is 0 Å². The minimum atomic E-state index is -0.564. The third kappa shape index (κ3) is 9.18. The molecule has 8 nitrogen and oxygen atoms in total. The molecule has 0 aliphatic rings. The minimum Gasteiger partial charge on any atom is -0.495 e. The summed E-state index contributed by atoms with van der Waals surface area (Å²) in [5.41, 5.74) is 1.74. The molecule has 45 heavy (non-hydrogen) atoms. The van der Waals surface area contributed by atoms with Gasteiger partial charge in [0.2, 0.25) is 5.91 Å². The van der Waals surface area contributed by atoms with Gasteiger partial charge in [0.1, 0.15) is 17.2 Å². The third-order valence-electron chi connectivity index (χ3n) is 6.32. The van der Waals surface area contributed by atoms with Crippen LogP contribution in [0.3, 0.4) is 0 Å². The molecule has 0 saturated heterocycles. The number of thioether (sulfide) groups is 1. The normalized spacial score (nSPS) is 11.7. The van der Waals surface area contributed by atoms with Crippen LogP contribution in [0, 0.1) is 0 Å². The number of anilines is 2. The number of hydrogen-bond acceptors (Lipinski definition) is 6. The summed E-state index contributed by atoms with van der Waals surface area (Å²) >= 11 is 19.9. The van der Waals surface area contributed by atoms with E-state index in [2.05, 4.69) is 16.0 Å². The molecule has 4 aromatic rings. The maximum atomic E-state index is 13.4. The molecule has 0 aliphatic heterocycles. The van der Waals surface area contributed by atoms with E-state index in [-0.39, 0.29) is 11.6 Å². The maximum Gasteiger partial charge on any atom is 0.272 e. The molecule has 0 fully saturated rings. The predicted octanol–water partition coefficient (Wildman–Crippen LogP) is 8.19. The number of methoxy groups -OCH3 is 2. The monoisotopic (exact) mass is 683 g/mol. The topological polar surface area (TPSA) is 106 Å². The number of hydrogen-bond donors (Lipinski definition) is 3. The smallest absolute Gasteiger partial charge is 0.272 e. The quantitative estimate of drug-likeness (QED) is 0.109. The second kappa shape index (κ2) is 15.7. The number of carbonyl (C=O) groups is 3. The Labute approximate surface area is 280 Å². The fourth-order valence-electron chi connectivity index (χ4n) is 3.98. The maximum absolute atomic E-state index is 13.4. The zero-order chi connectivity index (χ0) is 32.5. The standard InChI is InChI=1S/C33H28Cl3N3O5S/c1-19(31(40)38-27-17-26(36)29(43-2)18-30(27)44-3)45-24-13-11-23(12-14-24)37-33(42)28(15-21-9-10-22(34)16-25(21)35)39-32(41)20-7-5-4-6-8-20/h4-19H,1-3H3,(H,37,42)(H,38,40)(H,39,41)/b28-15-. The van der Waals surface area contributed by atoms with Gasteiger partial charge < -0.3 is 25.4 Å². The van der Waals surface area contributed by atoms with Crippen molar-refractivity contribution in [3.8, 4) is 11.5 Å². The molecule has 0 radical (unpaired) electrons. The van der Waals surface area contributed by atoms with E-state index < -0.39 is 17.1 Å². The van der Waals surface area contributed by atoms with Gasteiger partial charge in [-0.2, -0.15) is 0 Å². The lowest BCUT2D eigenvalue weighted by molar-refractivity contribution is -0.115. The van der Waals surface area contributed by atoms with Crippen molar-refractivity contribution >= 4 is 81.7 Å². The predicted molar refractivity (Wildman–Crippen MR) is 182 cm³/mol. The molecule has 0 spiro atoms. The number of amides is 3. The molecule has 0 bridgehead atoms. The van der Waals surface area contributed by atoms with Gasteiger partial charge in [-0.15, -0.1) is 11.8 Å². The number of rotatable bonds is 11. The van der Waals surface area contributed by atoms with E-state index in [1.54, 1.807) is 91.9 Å². The van der Waals surface area contributed by atoms with Crippen molar-refractivity contribution < 1.29 is 23.9 Å². The van der Waals surface area contributed by atoms with Crippen molar-refractivity contribution in [2.24, 2.45) is 0 Å². The number of ether oxygens (including phenoxy) is 2. The fraction of sp³-hybridized carbons (Fsp3) is 0.121. The Morgan fingerprint density at radius 1 is 0.800 bits per heavy atom. The van der Waals surface area contributed by atoms with Crippen molar-refractivity contribution in [3.05, 3.63) is 117 Å². The van der Waals surface area contributed by atoms with Crippen molar-refractivity contribution in [2.75, 3.05) is 24.9 Å². The van der Waals surface area contributed by atoms with Crippen LogP contribution in [0.2, 0.25) is 15.1 Å². The second-order valence-corrected chi connectivity index (χ2v) is 12.1. The summed E-state index contributed by atoms with van der Waals surface area (Å²) in [5.74, 6) is -0.451. The fourth-order valence-corrected chi connectivity index (χ4v) is 5.55. The molecule has 232 valence electrons. The second-order valence-electron chi connectivity index (χ2n) is 9.46. The summed E-state index contributed by atoms with van der Waals surface area (Å²) in [6.45, 7) is 1.77. The van der Waals surface area contributed by atoms with Gasteiger partial charge in [0, 0.05) is 32.3 Å². The van der Waals surface area contributed by atoms with E-state index >= 15 is 0 Å². The molecule has 3 amide bonds. The van der Waals surface area contributed by atoms with Crippen LogP contribution in [0.15, 0.2) is 95.5 Å². The van der Waals surface area contributed by atoms with E-state index in [1.807, 2.05) is 0 Å². The molecule has 0 heterocycles. The van der Waals surface area contributed by atoms with E-state index in [1.165, 1.54) is 32.1 Å². The van der Waals surface area contributed by atoms with Crippen molar-refractivity contribution in [1.82, 2.24) is 5.32 Å². The van der Waals surface area contributed by atoms with E-state index in [0.717, 1.165) is 4.90 Å². The first-order valence-corrected chi connectivity index (χ1v) is 15.4. The van der Waals surface area contributed by atoms with Gasteiger partial charge in [0.05, 0.1) is 30.2 Å². The Bertz CT molecular complexity index is 1730. The first-order chi connectivity index (χ1) is 21.6. The van der Waals surface area contributed by atoms with Crippen molar-refractivity contribution in [2.45, 2.75) is 17.1 Å². The largest absolute Gasteiger partial charge is 0.495 e. The first kappa shape index (κ1) is 33.7. The molecule has 12 heteroatoms. The van der Waals surface area contributed by atoms with Gasteiger partial charge in [0.25, 0.3) is 11.8 Å². The van der Waals surface area contributed by atoms with Gasteiger partial charge in [-0.1, -0.05) is 59.1 Å². The van der Waals surface area contributed by atoms with E-state index in [9.17, 15) is 14.4 Å². The Morgan fingerprint density at radius 2 is 1.49 bits per heavy atom. The molecule has 1 atom stereocenters. The summed E-state index contributed by atoms with van der Waals surface area (Å²) in [7, 11) is 2.98. The lowest BCUT2D eigenvalue weighted by Crippen LogP contribution is -2.30. The Balaban J connectivity index is 1.45. The van der Waals surface area contributed by atoms with E-state index in [0.29, 0.717) is 49.1 Å². The van der Waals surface area contributed by atoms with Crippen LogP contribution in [0.5, 0.6) is 11.5 Å². The average molecular weight is 685 g/mol.